The summed E-state index contributed by atoms with van der Waals surface area (Å²) in [7, 11) is -0.280. The molecule has 1 aromatic heterocycles. The number of hydrogen-bond acceptors (Lipinski definition) is 1. The van der Waals surface area contributed by atoms with E-state index in [1.54, 1.807) is 14.8 Å². The number of aromatic nitrogens is 1. The number of rotatable bonds is 3. The Balaban J connectivity index is 0.000000882. The van der Waals surface area contributed by atoms with Crippen molar-refractivity contribution in [3.05, 3.63) is 75.4 Å². The summed E-state index contributed by atoms with van der Waals surface area (Å²) in [6.45, 7) is 0. The third-order valence-corrected chi connectivity index (χ3v) is 8.59. The van der Waals surface area contributed by atoms with E-state index in [0.29, 0.717) is 4.22 Å². The van der Waals surface area contributed by atoms with E-state index >= 15 is 0 Å². The average Bonchev–Trinajstić information content (AvgIpc) is 3.19. The molecule has 0 bridgehead atoms. The van der Waals surface area contributed by atoms with E-state index in [9.17, 15) is 0 Å². The van der Waals surface area contributed by atoms with Gasteiger partial charge in [-0.3, -0.25) is 0 Å². The van der Waals surface area contributed by atoms with Crippen molar-refractivity contribution in [2.75, 3.05) is 0 Å². The van der Waals surface area contributed by atoms with Crippen LogP contribution in [-0.2, 0) is 19.2 Å². The molecule has 1 nitrogen and oxygen atoms in total. The minimum atomic E-state index is -0.280. The molecule has 0 fully saturated rings. The van der Waals surface area contributed by atoms with Crippen LogP contribution < -0.4 is 24.8 Å². The summed E-state index contributed by atoms with van der Waals surface area (Å²) < 4.78 is 2.34. The summed E-state index contributed by atoms with van der Waals surface area (Å²) in [4.78, 5) is 4.31. The van der Waals surface area contributed by atoms with E-state index in [1.807, 2.05) is 6.20 Å². The molecule has 0 spiro atoms. The molecule has 0 N–H and O–H groups in total. The van der Waals surface area contributed by atoms with Gasteiger partial charge in [0.25, 0.3) is 0 Å². The van der Waals surface area contributed by atoms with Crippen molar-refractivity contribution < 1.29 is 44.0 Å². The average molecular weight is 382 g/mol. The second-order valence-corrected chi connectivity index (χ2v) is 9.28. The molecule has 2 aromatic rings. The fraction of sp³-hybridized carbons (Fsp3) is 0.118. The van der Waals surface area contributed by atoms with Gasteiger partial charge in [0.05, 0.1) is 0 Å². The Morgan fingerprint density at radius 1 is 1.18 bits per heavy atom. The molecule has 2 unspecified atom stereocenters. The van der Waals surface area contributed by atoms with Crippen molar-refractivity contribution in [1.29, 1.82) is 0 Å². The molecule has 2 aliphatic carbocycles. The van der Waals surface area contributed by atoms with Crippen molar-refractivity contribution in [3.63, 3.8) is 0 Å². The molecule has 1 heterocycles. The second-order valence-electron chi connectivity index (χ2n) is 5.07. The van der Waals surface area contributed by atoms with E-state index in [-0.39, 0.29) is 51.5 Å². The molecular weight excluding hydrogens is 368 g/mol. The molecule has 1 aromatic carbocycles. The molecule has 0 radical (unpaired) electrons. The van der Waals surface area contributed by atoms with E-state index < -0.39 is 0 Å². The maximum absolute atomic E-state index is 4.31. The largest absolute Gasteiger partial charge is 1.00 e. The summed E-state index contributed by atoms with van der Waals surface area (Å²) >= 11 is -0.132. The van der Waals surface area contributed by atoms with Crippen LogP contribution in [0.3, 0.4) is 0 Å². The van der Waals surface area contributed by atoms with Gasteiger partial charge >= 0.3 is 129 Å². The number of halogens is 2. The zero-order valence-electron chi connectivity index (χ0n) is 11.8. The van der Waals surface area contributed by atoms with Gasteiger partial charge in [-0.2, -0.15) is 0 Å². The number of benzene rings is 1. The van der Waals surface area contributed by atoms with Crippen LogP contribution in [0.4, 0.5) is 0 Å². The standard InChI is InChI=1S/C12H9NP.C5H5.2ClH.Ti/c1-2-4-11-8-12(7-10(11)3-1)14-6-5-13-9-14;1-2-4-5-3-1;;;/h1-9H;1-3H,4H2;2*1H;/q;;;;+2/p-2. The van der Waals surface area contributed by atoms with Crippen LogP contribution in [-0.4, -0.2) is 4.98 Å². The van der Waals surface area contributed by atoms with Gasteiger partial charge in [-0.05, 0) is 0 Å². The van der Waals surface area contributed by atoms with Gasteiger partial charge < -0.3 is 24.8 Å². The fourth-order valence-corrected chi connectivity index (χ4v) is 7.61. The van der Waals surface area contributed by atoms with Crippen molar-refractivity contribution in [3.8, 4) is 0 Å². The van der Waals surface area contributed by atoms with Gasteiger partial charge in [0.1, 0.15) is 0 Å². The smallest absolute Gasteiger partial charge is 1.00 e. The SMILES string of the molecule is C1=CC[C]([Ti+2][CH]2C(p3ccnc3)=Cc3ccccc32)=C1.[Cl-].[Cl-]. The third kappa shape index (κ3) is 3.35. The molecule has 2 atom stereocenters. The van der Waals surface area contributed by atoms with E-state index in [4.69, 9.17) is 0 Å². The Kier molecular flexibility index (Phi) is 6.32. The van der Waals surface area contributed by atoms with Gasteiger partial charge in [0, 0.05) is 0 Å². The van der Waals surface area contributed by atoms with Gasteiger partial charge in [-0.25, -0.2) is 0 Å². The Labute approximate surface area is 153 Å². The predicted octanol–water partition coefficient (Wildman–Crippen LogP) is -0.945. The summed E-state index contributed by atoms with van der Waals surface area (Å²) in [5.41, 5.74) is 2.98. The van der Waals surface area contributed by atoms with Crippen LogP contribution in [0.1, 0.15) is 21.8 Å². The number of hydrogen-bond donors (Lipinski definition) is 0. The van der Waals surface area contributed by atoms with Crippen LogP contribution in [0.5, 0.6) is 0 Å². The van der Waals surface area contributed by atoms with Crippen molar-refractivity contribution >= 4 is 18.9 Å². The quantitative estimate of drug-likeness (QED) is 0.625. The first-order chi connectivity index (χ1) is 9.92. The maximum atomic E-state index is 4.31. The Morgan fingerprint density at radius 2 is 2.05 bits per heavy atom. The molecule has 4 rings (SSSR count). The van der Waals surface area contributed by atoms with Gasteiger partial charge in [-0.15, -0.1) is 0 Å². The van der Waals surface area contributed by atoms with Crippen LogP contribution in [0, 0.1) is 0 Å². The molecule has 2 aliphatic rings. The van der Waals surface area contributed by atoms with Crippen molar-refractivity contribution in [2.45, 2.75) is 10.6 Å². The van der Waals surface area contributed by atoms with Crippen molar-refractivity contribution in [1.82, 2.24) is 4.98 Å². The number of fused-ring (bicyclic) bond motifs is 1. The van der Waals surface area contributed by atoms with Gasteiger partial charge in [-0.1, -0.05) is 0 Å². The summed E-state index contributed by atoms with van der Waals surface area (Å²) in [5.74, 6) is 4.43. The van der Waals surface area contributed by atoms with Crippen molar-refractivity contribution in [2.24, 2.45) is 0 Å². The summed E-state index contributed by atoms with van der Waals surface area (Å²) in [6.07, 6.45) is 12.4. The first kappa shape index (κ1) is 17.8. The zero-order valence-corrected chi connectivity index (χ0v) is 15.8. The maximum Gasteiger partial charge on any atom is -1.00 e. The molecule has 22 heavy (non-hydrogen) atoms. The number of nitrogens with zero attached hydrogens (tertiary/aromatic N) is 1. The summed E-state index contributed by atoms with van der Waals surface area (Å²) in [5, 5.41) is 1.62. The van der Waals surface area contributed by atoms with Gasteiger partial charge in [0.2, 0.25) is 0 Å². The van der Waals surface area contributed by atoms with E-state index in [1.165, 1.54) is 12.0 Å². The molecule has 0 aliphatic heterocycles. The third-order valence-electron chi connectivity index (χ3n) is 3.81. The Morgan fingerprint density at radius 3 is 2.77 bits per heavy atom. The molecule has 0 saturated heterocycles. The van der Waals surface area contributed by atoms with Gasteiger partial charge in [0.15, 0.2) is 0 Å². The predicted molar refractivity (Wildman–Crippen MR) is 82.1 cm³/mol. The molecule has 0 saturated carbocycles. The molecule has 110 valence electrons. The second kappa shape index (κ2) is 7.82. The minimum absolute atomic E-state index is 0. The first-order valence-corrected chi connectivity index (χ1v) is 9.99. The van der Waals surface area contributed by atoms with Crippen LogP contribution >= 0.6 is 7.53 Å². The summed E-state index contributed by atoms with van der Waals surface area (Å²) in [6, 6.07) is 8.91. The first-order valence-electron chi connectivity index (χ1n) is 6.83. The van der Waals surface area contributed by atoms with Crippen LogP contribution in [0.2, 0.25) is 0 Å². The Bertz CT molecular complexity index is 735. The number of allylic oxidation sites excluding steroid dienone is 5. The molecular formula is C17H14Cl2NPTi. The molecule has 0 amide bonds. The van der Waals surface area contributed by atoms with E-state index in [2.05, 4.69) is 65.3 Å². The normalized spacial score (nSPS) is 18.5. The van der Waals surface area contributed by atoms with E-state index in [0.717, 1.165) is 0 Å². The topological polar surface area (TPSA) is 12.9 Å². The van der Waals surface area contributed by atoms with Crippen LogP contribution in [0.25, 0.3) is 11.4 Å². The fourth-order valence-electron chi connectivity index (χ4n) is 2.83. The minimum Gasteiger partial charge on any atom is -1.00 e. The zero-order chi connectivity index (χ0) is 13.4. The Hall–Kier alpha value is -0.556. The van der Waals surface area contributed by atoms with Crippen LogP contribution in [0.15, 0.2) is 64.3 Å². The monoisotopic (exact) mass is 381 g/mol. The molecule has 5 heteroatoms.